The standard InChI is InChI=1S/C16H15ClN2OS/c1-10(16-19-12-5-3-4-6-15(12)21-16)18-13-9-11(17)7-8-14(13)20-2/h3-10,18H,1-2H3. The summed E-state index contributed by atoms with van der Waals surface area (Å²) < 4.78 is 6.55. The molecule has 0 amide bonds. The van der Waals surface area contributed by atoms with Gasteiger partial charge in [0.1, 0.15) is 10.8 Å². The molecule has 0 bridgehead atoms. The van der Waals surface area contributed by atoms with E-state index in [1.807, 2.05) is 36.4 Å². The van der Waals surface area contributed by atoms with Crippen molar-refractivity contribution in [2.45, 2.75) is 13.0 Å². The molecule has 0 aliphatic carbocycles. The monoisotopic (exact) mass is 318 g/mol. The highest BCUT2D eigenvalue weighted by atomic mass is 35.5. The van der Waals surface area contributed by atoms with Crippen molar-refractivity contribution in [2.24, 2.45) is 0 Å². The molecule has 3 aromatic rings. The first-order chi connectivity index (χ1) is 10.2. The first-order valence-electron chi connectivity index (χ1n) is 6.63. The fourth-order valence-electron chi connectivity index (χ4n) is 2.16. The van der Waals surface area contributed by atoms with Crippen LogP contribution in [0.4, 0.5) is 5.69 Å². The average molecular weight is 319 g/mol. The van der Waals surface area contributed by atoms with Crippen molar-refractivity contribution >= 4 is 38.8 Å². The van der Waals surface area contributed by atoms with Crippen LogP contribution in [0.5, 0.6) is 5.75 Å². The molecule has 3 rings (SSSR count). The van der Waals surface area contributed by atoms with Gasteiger partial charge in [0.15, 0.2) is 0 Å². The maximum atomic E-state index is 6.06. The van der Waals surface area contributed by atoms with Crippen LogP contribution in [0.2, 0.25) is 5.02 Å². The molecule has 0 fully saturated rings. The Morgan fingerprint density at radius 2 is 2.05 bits per heavy atom. The van der Waals surface area contributed by atoms with Crippen molar-refractivity contribution in [3.63, 3.8) is 0 Å². The third kappa shape index (κ3) is 2.96. The Morgan fingerprint density at radius 3 is 2.81 bits per heavy atom. The number of halogens is 1. The van der Waals surface area contributed by atoms with E-state index >= 15 is 0 Å². The van der Waals surface area contributed by atoms with Crippen molar-refractivity contribution in [2.75, 3.05) is 12.4 Å². The van der Waals surface area contributed by atoms with Crippen molar-refractivity contribution in [3.8, 4) is 5.75 Å². The third-order valence-corrected chi connectivity index (χ3v) is 4.67. The minimum Gasteiger partial charge on any atom is -0.495 e. The number of anilines is 1. The Balaban J connectivity index is 1.89. The molecule has 0 saturated carbocycles. The van der Waals surface area contributed by atoms with Crippen molar-refractivity contribution in [1.29, 1.82) is 0 Å². The maximum Gasteiger partial charge on any atom is 0.142 e. The summed E-state index contributed by atoms with van der Waals surface area (Å²) in [7, 11) is 1.65. The Bertz CT molecular complexity index is 739. The molecule has 0 saturated heterocycles. The number of nitrogens with one attached hydrogen (secondary N) is 1. The number of hydrogen-bond donors (Lipinski definition) is 1. The van der Waals surface area contributed by atoms with E-state index in [4.69, 9.17) is 16.3 Å². The van der Waals surface area contributed by atoms with Gasteiger partial charge in [0.05, 0.1) is 29.1 Å². The van der Waals surface area contributed by atoms with Gasteiger partial charge in [0.25, 0.3) is 0 Å². The van der Waals surface area contributed by atoms with E-state index in [1.54, 1.807) is 18.4 Å². The van der Waals surface area contributed by atoms with E-state index < -0.39 is 0 Å². The predicted octanol–water partition coefficient (Wildman–Crippen LogP) is 5.13. The largest absolute Gasteiger partial charge is 0.495 e. The van der Waals surface area contributed by atoms with Crippen molar-refractivity contribution in [1.82, 2.24) is 4.98 Å². The van der Waals surface area contributed by atoms with E-state index in [0.29, 0.717) is 5.02 Å². The van der Waals surface area contributed by atoms with Gasteiger partial charge in [-0.1, -0.05) is 23.7 Å². The lowest BCUT2D eigenvalue weighted by atomic mass is 10.2. The maximum absolute atomic E-state index is 6.06. The molecular weight excluding hydrogens is 304 g/mol. The highest BCUT2D eigenvalue weighted by Crippen LogP contribution is 2.33. The van der Waals surface area contributed by atoms with Crippen LogP contribution in [-0.2, 0) is 0 Å². The van der Waals surface area contributed by atoms with Crippen LogP contribution < -0.4 is 10.1 Å². The van der Waals surface area contributed by atoms with Gasteiger partial charge in [0.2, 0.25) is 0 Å². The van der Waals surface area contributed by atoms with E-state index in [-0.39, 0.29) is 6.04 Å². The Hall–Kier alpha value is -1.78. The summed E-state index contributed by atoms with van der Waals surface area (Å²) >= 11 is 7.75. The fraction of sp³-hybridized carbons (Fsp3) is 0.188. The van der Waals surface area contributed by atoms with Gasteiger partial charge in [-0.15, -0.1) is 11.3 Å². The van der Waals surface area contributed by atoms with Crippen LogP contribution in [0.25, 0.3) is 10.2 Å². The van der Waals surface area contributed by atoms with Gasteiger partial charge in [0, 0.05) is 5.02 Å². The van der Waals surface area contributed by atoms with Gasteiger partial charge < -0.3 is 10.1 Å². The smallest absolute Gasteiger partial charge is 0.142 e. The lowest BCUT2D eigenvalue weighted by molar-refractivity contribution is 0.416. The number of hydrogen-bond acceptors (Lipinski definition) is 4. The number of aromatic nitrogens is 1. The first-order valence-corrected chi connectivity index (χ1v) is 7.82. The van der Waals surface area contributed by atoms with Gasteiger partial charge >= 0.3 is 0 Å². The summed E-state index contributed by atoms with van der Waals surface area (Å²) in [6, 6.07) is 13.8. The number of thiazole rings is 1. The molecule has 5 heteroatoms. The Kier molecular flexibility index (Phi) is 3.99. The molecule has 108 valence electrons. The van der Waals surface area contributed by atoms with E-state index in [9.17, 15) is 0 Å². The van der Waals surface area contributed by atoms with Gasteiger partial charge in [-0.3, -0.25) is 0 Å². The van der Waals surface area contributed by atoms with Crippen LogP contribution in [0.15, 0.2) is 42.5 Å². The fourth-order valence-corrected chi connectivity index (χ4v) is 3.31. The topological polar surface area (TPSA) is 34.1 Å². The van der Waals surface area contributed by atoms with Crippen LogP contribution in [0, 0.1) is 0 Å². The van der Waals surface area contributed by atoms with E-state index in [1.165, 1.54) is 4.70 Å². The molecule has 0 aliphatic heterocycles. The molecule has 1 N–H and O–H groups in total. The Morgan fingerprint density at radius 1 is 1.24 bits per heavy atom. The zero-order valence-corrected chi connectivity index (χ0v) is 13.3. The molecule has 1 heterocycles. The molecule has 1 atom stereocenters. The summed E-state index contributed by atoms with van der Waals surface area (Å²) in [4.78, 5) is 4.67. The predicted molar refractivity (Wildman–Crippen MR) is 89.7 cm³/mol. The number of rotatable bonds is 4. The zero-order valence-electron chi connectivity index (χ0n) is 11.8. The van der Waals surface area contributed by atoms with Crippen LogP contribution >= 0.6 is 22.9 Å². The van der Waals surface area contributed by atoms with E-state index in [2.05, 4.69) is 23.3 Å². The summed E-state index contributed by atoms with van der Waals surface area (Å²) in [6.45, 7) is 2.08. The number of benzene rings is 2. The SMILES string of the molecule is COc1ccc(Cl)cc1NC(C)c1nc2ccccc2s1. The normalized spacial score (nSPS) is 12.3. The van der Waals surface area contributed by atoms with E-state index in [0.717, 1.165) is 22.0 Å². The summed E-state index contributed by atoms with van der Waals surface area (Å²) in [5.74, 6) is 0.771. The lowest BCUT2D eigenvalue weighted by Gasteiger charge is -2.15. The second-order valence-electron chi connectivity index (χ2n) is 4.73. The lowest BCUT2D eigenvalue weighted by Crippen LogP contribution is -2.07. The van der Waals surface area contributed by atoms with Gasteiger partial charge in [-0.2, -0.15) is 0 Å². The molecule has 3 nitrogen and oxygen atoms in total. The number of fused-ring (bicyclic) bond motifs is 1. The van der Waals surface area contributed by atoms with Crippen LogP contribution in [-0.4, -0.2) is 12.1 Å². The number of para-hydroxylation sites is 1. The Labute approximate surface area is 132 Å². The number of methoxy groups -OCH3 is 1. The molecule has 0 radical (unpaired) electrons. The number of ether oxygens (including phenoxy) is 1. The second kappa shape index (κ2) is 5.92. The van der Waals surface area contributed by atoms with Gasteiger partial charge in [-0.05, 0) is 37.3 Å². The summed E-state index contributed by atoms with van der Waals surface area (Å²) in [5, 5.41) is 5.13. The van der Waals surface area contributed by atoms with Gasteiger partial charge in [-0.25, -0.2) is 4.98 Å². The third-order valence-electron chi connectivity index (χ3n) is 3.21. The van der Waals surface area contributed by atoms with Crippen molar-refractivity contribution in [3.05, 3.63) is 52.5 Å². The first kappa shape index (κ1) is 14.2. The summed E-state index contributed by atoms with van der Waals surface area (Å²) in [6.07, 6.45) is 0. The molecule has 1 unspecified atom stereocenters. The van der Waals surface area contributed by atoms with Crippen LogP contribution in [0.3, 0.4) is 0 Å². The minimum atomic E-state index is 0.0785. The molecule has 1 aromatic heterocycles. The van der Waals surface area contributed by atoms with Crippen LogP contribution in [0.1, 0.15) is 18.0 Å². The quantitative estimate of drug-likeness (QED) is 0.724. The molecule has 0 spiro atoms. The average Bonchev–Trinajstić information content (AvgIpc) is 2.91. The molecular formula is C16H15ClN2OS. The highest BCUT2D eigenvalue weighted by Gasteiger charge is 2.13. The molecule has 2 aromatic carbocycles. The highest BCUT2D eigenvalue weighted by molar-refractivity contribution is 7.18. The molecule has 0 aliphatic rings. The number of nitrogens with zero attached hydrogens (tertiary/aromatic N) is 1. The minimum absolute atomic E-state index is 0.0785. The second-order valence-corrected chi connectivity index (χ2v) is 6.23. The zero-order chi connectivity index (χ0) is 14.8. The summed E-state index contributed by atoms with van der Waals surface area (Å²) in [5.41, 5.74) is 1.90. The molecule has 21 heavy (non-hydrogen) atoms. The van der Waals surface area contributed by atoms with Crippen molar-refractivity contribution < 1.29 is 4.74 Å².